The van der Waals surface area contributed by atoms with Gasteiger partial charge in [0.15, 0.2) is 5.78 Å². The first kappa shape index (κ1) is 20.6. The Labute approximate surface area is 159 Å². The standard InChI is InChI=1S/C22H26FNO3/c1-6-17(24-21(26)27-22(3,4)5)16-13-12-14(2)18(19(16)23)20(25)15-10-8-7-9-11-15/h7-13,17H,6H2,1-5H3,(H,24,26)/t17-/m1/s1. The van der Waals surface area contributed by atoms with Crippen LogP contribution in [0.25, 0.3) is 0 Å². The van der Waals surface area contributed by atoms with Crippen LogP contribution in [0.3, 0.4) is 0 Å². The van der Waals surface area contributed by atoms with Gasteiger partial charge >= 0.3 is 6.09 Å². The van der Waals surface area contributed by atoms with Crippen LogP contribution in [0.4, 0.5) is 9.18 Å². The molecule has 4 nitrogen and oxygen atoms in total. The fourth-order valence-electron chi connectivity index (χ4n) is 2.82. The topological polar surface area (TPSA) is 55.4 Å². The van der Waals surface area contributed by atoms with Crippen LogP contribution >= 0.6 is 0 Å². The van der Waals surface area contributed by atoms with Crippen LogP contribution in [0.15, 0.2) is 42.5 Å². The highest BCUT2D eigenvalue weighted by atomic mass is 19.1. The Balaban J connectivity index is 2.37. The Morgan fingerprint density at radius 2 is 1.74 bits per heavy atom. The first-order valence-electron chi connectivity index (χ1n) is 9.02. The summed E-state index contributed by atoms with van der Waals surface area (Å²) in [7, 11) is 0. The number of rotatable bonds is 5. The van der Waals surface area contributed by atoms with Crippen molar-refractivity contribution in [1.82, 2.24) is 5.32 Å². The highest BCUT2D eigenvalue weighted by Gasteiger charge is 2.25. The van der Waals surface area contributed by atoms with E-state index in [-0.39, 0.29) is 16.9 Å². The molecule has 0 heterocycles. The molecule has 27 heavy (non-hydrogen) atoms. The normalized spacial score (nSPS) is 12.4. The quantitative estimate of drug-likeness (QED) is 0.722. The van der Waals surface area contributed by atoms with Crippen LogP contribution in [0.2, 0.25) is 0 Å². The summed E-state index contributed by atoms with van der Waals surface area (Å²) in [4.78, 5) is 24.9. The van der Waals surface area contributed by atoms with Crippen LogP contribution < -0.4 is 5.32 Å². The molecule has 0 bridgehead atoms. The van der Waals surface area contributed by atoms with Crippen molar-refractivity contribution >= 4 is 11.9 Å². The van der Waals surface area contributed by atoms with Gasteiger partial charge in [0.2, 0.25) is 0 Å². The lowest BCUT2D eigenvalue weighted by atomic mass is 9.93. The van der Waals surface area contributed by atoms with Gasteiger partial charge in [-0.25, -0.2) is 9.18 Å². The molecular formula is C22H26FNO3. The minimum absolute atomic E-state index is 0.0307. The minimum Gasteiger partial charge on any atom is -0.444 e. The molecule has 0 saturated carbocycles. The summed E-state index contributed by atoms with van der Waals surface area (Å²) in [6, 6.07) is 11.3. The Bertz CT molecular complexity index is 825. The lowest BCUT2D eigenvalue weighted by Crippen LogP contribution is -2.35. The fraction of sp³-hybridized carbons (Fsp3) is 0.364. The lowest BCUT2D eigenvalue weighted by Gasteiger charge is -2.24. The van der Waals surface area contributed by atoms with Crippen LogP contribution in [-0.4, -0.2) is 17.5 Å². The predicted octanol–water partition coefficient (Wildman–Crippen LogP) is 5.34. The summed E-state index contributed by atoms with van der Waals surface area (Å²) >= 11 is 0. The van der Waals surface area contributed by atoms with Crippen molar-refractivity contribution in [3.05, 3.63) is 70.5 Å². The van der Waals surface area contributed by atoms with Gasteiger partial charge in [-0.05, 0) is 39.7 Å². The van der Waals surface area contributed by atoms with E-state index >= 15 is 4.39 Å². The number of ketones is 1. The molecule has 2 aromatic carbocycles. The van der Waals surface area contributed by atoms with E-state index in [1.165, 1.54) is 0 Å². The molecule has 0 saturated heterocycles. The van der Waals surface area contributed by atoms with Crippen molar-refractivity contribution < 1.29 is 18.7 Å². The molecule has 2 aromatic rings. The number of nitrogens with one attached hydrogen (secondary N) is 1. The molecule has 2 rings (SSSR count). The van der Waals surface area contributed by atoms with E-state index in [9.17, 15) is 9.59 Å². The molecule has 0 aliphatic rings. The van der Waals surface area contributed by atoms with Crippen LogP contribution in [0.5, 0.6) is 0 Å². The van der Waals surface area contributed by atoms with E-state index in [4.69, 9.17) is 4.74 Å². The molecule has 1 atom stereocenters. The first-order chi connectivity index (χ1) is 12.6. The second-order valence-corrected chi connectivity index (χ2v) is 7.46. The van der Waals surface area contributed by atoms with Crippen LogP contribution in [-0.2, 0) is 4.74 Å². The van der Waals surface area contributed by atoms with Crippen LogP contribution in [0, 0.1) is 12.7 Å². The second-order valence-electron chi connectivity index (χ2n) is 7.46. The van der Waals surface area contributed by atoms with Gasteiger partial charge in [-0.3, -0.25) is 4.79 Å². The van der Waals surface area contributed by atoms with Gasteiger partial charge in [-0.15, -0.1) is 0 Å². The molecule has 1 amide bonds. The average molecular weight is 371 g/mol. The number of alkyl carbamates (subject to hydrolysis) is 1. The third-order valence-corrected chi connectivity index (χ3v) is 4.12. The van der Waals surface area contributed by atoms with E-state index in [1.807, 2.05) is 6.92 Å². The Kier molecular flexibility index (Phi) is 6.37. The molecule has 0 aliphatic heterocycles. The summed E-state index contributed by atoms with van der Waals surface area (Å²) in [5.74, 6) is -0.980. The van der Waals surface area contributed by atoms with Crippen molar-refractivity contribution in [3.63, 3.8) is 0 Å². The Morgan fingerprint density at radius 1 is 1.11 bits per heavy atom. The molecule has 0 spiro atoms. The van der Waals surface area contributed by atoms with E-state index in [1.54, 1.807) is 70.2 Å². The molecule has 0 aliphatic carbocycles. The monoisotopic (exact) mass is 371 g/mol. The predicted molar refractivity (Wildman–Crippen MR) is 103 cm³/mol. The molecular weight excluding hydrogens is 345 g/mol. The van der Waals surface area contributed by atoms with Crippen molar-refractivity contribution in [2.24, 2.45) is 0 Å². The molecule has 144 valence electrons. The first-order valence-corrected chi connectivity index (χ1v) is 9.02. The van der Waals surface area contributed by atoms with Gasteiger partial charge in [0, 0.05) is 11.1 Å². The number of amides is 1. The van der Waals surface area contributed by atoms with E-state index < -0.39 is 23.6 Å². The summed E-state index contributed by atoms with van der Waals surface area (Å²) in [5, 5.41) is 2.69. The minimum atomic E-state index is -0.650. The smallest absolute Gasteiger partial charge is 0.408 e. The van der Waals surface area contributed by atoms with Gasteiger partial charge in [-0.2, -0.15) is 0 Å². The number of halogens is 1. The maximum absolute atomic E-state index is 15.3. The maximum Gasteiger partial charge on any atom is 0.408 e. The van der Waals surface area contributed by atoms with Gasteiger partial charge in [0.05, 0.1) is 11.6 Å². The van der Waals surface area contributed by atoms with E-state index in [2.05, 4.69) is 5.32 Å². The number of ether oxygens (including phenoxy) is 1. The molecule has 0 radical (unpaired) electrons. The summed E-state index contributed by atoms with van der Waals surface area (Å²) in [5.41, 5.74) is 0.626. The van der Waals surface area contributed by atoms with Crippen molar-refractivity contribution in [2.75, 3.05) is 0 Å². The van der Waals surface area contributed by atoms with Gasteiger partial charge < -0.3 is 10.1 Å². The van der Waals surface area contributed by atoms with E-state index in [0.717, 1.165) is 0 Å². The van der Waals surface area contributed by atoms with Crippen molar-refractivity contribution in [3.8, 4) is 0 Å². The van der Waals surface area contributed by atoms with Crippen molar-refractivity contribution in [1.29, 1.82) is 0 Å². The van der Waals surface area contributed by atoms with Gasteiger partial charge in [0.1, 0.15) is 11.4 Å². The summed E-state index contributed by atoms with van der Waals surface area (Å²) in [6.45, 7) is 8.81. The molecule has 0 unspecified atom stereocenters. The third kappa shape index (κ3) is 5.16. The molecule has 0 aromatic heterocycles. The lowest BCUT2D eigenvalue weighted by molar-refractivity contribution is 0.0501. The number of hydrogen-bond acceptors (Lipinski definition) is 3. The molecule has 1 N–H and O–H groups in total. The second kappa shape index (κ2) is 8.33. The number of benzene rings is 2. The number of hydrogen-bond donors (Lipinski definition) is 1. The summed E-state index contributed by atoms with van der Waals surface area (Å²) in [6.07, 6.45) is -0.164. The third-order valence-electron chi connectivity index (χ3n) is 4.12. The number of aryl methyl sites for hydroxylation is 1. The Morgan fingerprint density at radius 3 is 2.30 bits per heavy atom. The highest BCUT2D eigenvalue weighted by molar-refractivity contribution is 6.10. The zero-order valence-corrected chi connectivity index (χ0v) is 16.4. The highest BCUT2D eigenvalue weighted by Crippen LogP contribution is 2.27. The SMILES string of the molecule is CC[C@@H](NC(=O)OC(C)(C)C)c1ccc(C)c(C(=O)c2ccccc2)c1F. The van der Waals surface area contributed by atoms with Crippen LogP contribution in [0.1, 0.15) is 67.2 Å². The number of carbonyl (C=O) groups is 2. The van der Waals surface area contributed by atoms with Crippen molar-refractivity contribution in [2.45, 2.75) is 52.7 Å². The van der Waals surface area contributed by atoms with E-state index in [0.29, 0.717) is 17.5 Å². The largest absolute Gasteiger partial charge is 0.444 e. The van der Waals surface area contributed by atoms with Gasteiger partial charge in [-0.1, -0.05) is 49.4 Å². The maximum atomic E-state index is 15.3. The Hall–Kier alpha value is -2.69. The number of carbonyl (C=O) groups excluding carboxylic acids is 2. The zero-order valence-electron chi connectivity index (χ0n) is 16.4. The van der Waals surface area contributed by atoms with Gasteiger partial charge in [0.25, 0.3) is 0 Å². The molecule has 5 heteroatoms. The average Bonchev–Trinajstić information content (AvgIpc) is 2.59. The molecule has 0 fully saturated rings. The fourth-order valence-corrected chi connectivity index (χ4v) is 2.82. The zero-order chi connectivity index (χ0) is 20.2. The summed E-state index contributed by atoms with van der Waals surface area (Å²) < 4.78 is 20.5.